The van der Waals surface area contributed by atoms with Gasteiger partial charge >= 0.3 is 0 Å². The largest absolute Gasteiger partial charge is 0.390 e. The van der Waals surface area contributed by atoms with Crippen molar-refractivity contribution in [3.8, 4) is 0 Å². The molecule has 2 heterocycles. The van der Waals surface area contributed by atoms with Crippen LogP contribution in [0, 0.1) is 5.92 Å². The van der Waals surface area contributed by atoms with E-state index in [-0.39, 0.29) is 5.91 Å². The molecule has 0 spiro atoms. The number of benzene rings is 1. The molecule has 4 heteroatoms. The van der Waals surface area contributed by atoms with Gasteiger partial charge in [-0.3, -0.25) is 4.79 Å². The average Bonchev–Trinajstić information content (AvgIpc) is 3.00. The van der Waals surface area contributed by atoms with Gasteiger partial charge in [-0.15, -0.1) is 0 Å². The van der Waals surface area contributed by atoms with Crippen LogP contribution in [0.4, 0.5) is 0 Å². The van der Waals surface area contributed by atoms with Gasteiger partial charge in [0.2, 0.25) is 5.91 Å². The number of amides is 1. The fraction of sp³-hybridized carbons (Fsp3) is 0.650. The summed E-state index contributed by atoms with van der Waals surface area (Å²) in [5.41, 5.74) is 1.45. The summed E-state index contributed by atoms with van der Waals surface area (Å²) in [7, 11) is 0. The molecular weight excluding hydrogens is 300 g/mol. The number of β-amino-alcohol motifs (C(OH)–C–C–N with tert-alkyl or cyclic N) is 1. The van der Waals surface area contributed by atoms with Gasteiger partial charge in [0.15, 0.2) is 0 Å². The van der Waals surface area contributed by atoms with Crippen LogP contribution in [0.15, 0.2) is 30.3 Å². The lowest BCUT2D eigenvalue weighted by Gasteiger charge is -2.39. The van der Waals surface area contributed by atoms with Crippen molar-refractivity contribution in [2.24, 2.45) is 5.92 Å². The quantitative estimate of drug-likeness (QED) is 0.871. The van der Waals surface area contributed by atoms with Gasteiger partial charge in [-0.25, -0.2) is 0 Å². The molecule has 4 nitrogen and oxygen atoms in total. The lowest BCUT2D eigenvalue weighted by atomic mass is 9.79. The Morgan fingerprint density at radius 2 is 2.00 bits per heavy atom. The van der Waals surface area contributed by atoms with Crippen LogP contribution in [0.5, 0.6) is 0 Å². The highest BCUT2D eigenvalue weighted by Gasteiger charge is 2.30. The molecule has 0 saturated carbocycles. The molecule has 3 atom stereocenters. The van der Waals surface area contributed by atoms with E-state index in [1.54, 1.807) is 0 Å². The van der Waals surface area contributed by atoms with E-state index in [0.717, 1.165) is 38.9 Å². The Hall–Kier alpha value is -1.39. The van der Waals surface area contributed by atoms with Gasteiger partial charge in [0.25, 0.3) is 0 Å². The third kappa shape index (κ3) is 4.17. The number of hydrogen-bond donors (Lipinski definition) is 1. The Bertz CT molecular complexity index is 534. The van der Waals surface area contributed by atoms with Crippen LogP contribution in [0.1, 0.15) is 44.1 Å². The summed E-state index contributed by atoms with van der Waals surface area (Å²) in [6.45, 7) is 6.32. The van der Waals surface area contributed by atoms with E-state index in [0.29, 0.717) is 31.3 Å². The number of piperidine rings is 1. The van der Waals surface area contributed by atoms with Gasteiger partial charge in [-0.2, -0.15) is 0 Å². The zero-order chi connectivity index (χ0) is 16.9. The Morgan fingerprint density at radius 3 is 2.67 bits per heavy atom. The number of hydrogen-bond acceptors (Lipinski definition) is 3. The molecule has 2 aliphatic rings. The number of likely N-dealkylation sites (tertiary alicyclic amines) is 2. The fourth-order valence-corrected chi connectivity index (χ4v) is 4.33. The van der Waals surface area contributed by atoms with E-state index in [2.05, 4.69) is 42.2 Å². The van der Waals surface area contributed by atoms with Gasteiger partial charge in [0, 0.05) is 32.6 Å². The monoisotopic (exact) mass is 330 g/mol. The number of nitrogens with zero attached hydrogens (tertiary/aromatic N) is 2. The van der Waals surface area contributed by atoms with Crippen LogP contribution in [0.25, 0.3) is 0 Å². The Labute approximate surface area is 145 Å². The summed E-state index contributed by atoms with van der Waals surface area (Å²) in [5, 5.41) is 10.4. The van der Waals surface area contributed by atoms with Gasteiger partial charge in [0.05, 0.1) is 6.10 Å². The van der Waals surface area contributed by atoms with Crippen molar-refractivity contribution in [3.05, 3.63) is 35.9 Å². The highest BCUT2D eigenvalue weighted by atomic mass is 16.3. The smallest absolute Gasteiger partial charge is 0.222 e. The lowest BCUT2D eigenvalue weighted by molar-refractivity contribution is -0.129. The molecule has 1 aromatic carbocycles. The average molecular weight is 330 g/mol. The standard InChI is InChI=1S/C20H30N2O2/c1-2-16-13-21(12-10-19(16)17-7-4-3-5-8-17)14-18(23)15-22-11-6-9-20(22)24/h3-5,7-8,16,18-19,23H,2,6,9-15H2,1H3/t16-,18+,19+/m1/s1. The first-order valence-corrected chi connectivity index (χ1v) is 9.40. The fourth-order valence-electron chi connectivity index (χ4n) is 4.33. The van der Waals surface area contributed by atoms with E-state index in [1.807, 2.05) is 4.90 Å². The minimum atomic E-state index is -0.433. The van der Waals surface area contributed by atoms with Gasteiger partial charge < -0.3 is 14.9 Å². The summed E-state index contributed by atoms with van der Waals surface area (Å²) in [6.07, 6.45) is 3.46. The third-order valence-corrected chi connectivity index (χ3v) is 5.64. The predicted molar refractivity (Wildman–Crippen MR) is 95.8 cm³/mol. The lowest BCUT2D eigenvalue weighted by Crippen LogP contribution is -2.46. The second-order valence-corrected chi connectivity index (χ2v) is 7.33. The van der Waals surface area contributed by atoms with Crippen LogP contribution in [0.2, 0.25) is 0 Å². The molecule has 1 aromatic rings. The van der Waals surface area contributed by atoms with Gasteiger partial charge in [-0.05, 0) is 36.8 Å². The van der Waals surface area contributed by atoms with E-state index in [9.17, 15) is 9.90 Å². The summed E-state index contributed by atoms with van der Waals surface area (Å²) in [5.74, 6) is 1.47. The maximum atomic E-state index is 11.7. The van der Waals surface area contributed by atoms with Crippen molar-refractivity contribution < 1.29 is 9.90 Å². The Morgan fingerprint density at radius 1 is 1.21 bits per heavy atom. The normalized spacial score (nSPS) is 26.8. The SMILES string of the molecule is CC[C@@H]1CN(C[C@H](O)CN2CCCC2=O)CC[C@@H]1c1ccccc1. The highest BCUT2D eigenvalue weighted by molar-refractivity contribution is 5.78. The number of rotatable bonds is 6. The molecular formula is C20H30N2O2. The third-order valence-electron chi connectivity index (χ3n) is 5.64. The van der Waals surface area contributed by atoms with Crippen LogP contribution in [-0.2, 0) is 4.79 Å². The molecule has 2 fully saturated rings. The molecule has 132 valence electrons. The molecule has 3 rings (SSSR count). The van der Waals surface area contributed by atoms with Crippen molar-refractivity contribution in [1.82, 2.24) is 9.80 Å². The first-order chi connectivity index (χ1) is 11.7. The summed E-state index contributed by atoms with van der Waals surface area (Å²) in [4.78, 5) is 15.9. The zero-order valence-electron chi connectivity index (χ0n) is 14.7. The maximum absolute atomic E-state index is 11.7. The van der Waals surface area contributed by atoms with E-state index >= 15 is 0 Å². The number of carbonyl (C=O) groups is 1. The van der Waals surface area contributed by atoms with E-state index in [4.69, 9.17) is 0 Å². The van der Waals surface area contributed by atoms with E-state index in [1.165, 1.54) is 5.56 Å². The van der Waals surface area contributed by atoms with Crippen molar-refractivity contribution in [2.75, 3.05) is 32.7 Å². The number of aliphatic hydroxyl groups excluding tert-OH is 1. The van der Waals surface area contributed by atoms with E-state index < -0.39 is 6.10 Å². The molecule has 24 heavy (non-hydrogen) atoms. The van der Waals surface area contributed by atoms with Crippen LogP contribution in [0.3, 0.4) is 0 Å². The second-order valence-electron chi connectivity index (χ2n) is 7.33. The van der Waals surface area contributed by atoms with Crippen LogP contribution < -0.4 is 0 Å². The zero-order valence-corrected chi connectivity index (χ0v) is 14.7. The molecule has 0 bridgehead atoms. The minimum absolute atomic E-state index is 0.197. The molecule has 0 unspecified atom stereocenters. The highest BCUT2D eigenvalue weighted by Crippen LogP contribution is 2.34. The predicted octanol–water partition coefficient (Wildman–Crippen LogP) is 2.49. The van der Waals surface area contributed by atoms with Crippen molar-refractivity contribution in [3.63, 3.8) is 0 Å². The molecule has 1 N–H and O–H groups in total. The van der Waals surface area contributed by atoms with Crippen molar-refractivity contribution in [2.45, 2.75) is 44.6 Å². The van der Waals surface area contributed by atoms with Crippen LogP contribution >= 0.6 is 0 Å². The first kappa shape index (κ1) is 17.4. The number of carbonyl (C=O) groups excluding carboxylic acids is 1. The van der Waals surface area contributed by atoms with Gasteiger partial charge in [0.1, 0.15) is 0 Å². The molecule has 2 saturated heterocycles. The molecule has 0 radical (unpaired) electrons. The molecule has 0 aliphatic carbocycles. The molecule has 0 aromatic heterocycles. The minimum Gasteiger partial charge on any atom is -0.390 e. The van der Waals surface area contributed by atoms with Crippen LogP contribution in [-0.4, -0.2) is 59.6 Å². The maximum Gasteiger partial charge on any atom is 0.222 e. The van der Waals surface area contributed by atoms with Crippen molar-refractivity contribution >= 4 is 5.91 Å². The van der Waals surface area contributed by atoms with Gasteiger partial charge in [-0.1, -0.05) is 43.7 Å². The second kappa shape index (κ2) is 8.13. The number of aliphatic hydroxyl groups is 1. The Kier molecular flexibility index (Phi) is 5.90. The summed E-state index contributed by atoms with van der Waals surface area (Å²) in [6, 6.07) is 10.8. The first-order valence-electron chi connectivity index (χ1n) is 9.40. The summed E-state index contributed by atoms with van der Waals surface area (Å²) < 4.78 is 0. The summed E-state index contributed by atoms with van der Waals surface area (Å²) >= 11 is 0. The topological polar surface area (TPSA) is 43.8 Å². The molecule has 1 amide bonds. The molecule has 2 aliphatic heterocycles. The Balaban J connectivity index is 1.52. The van der Waals surface area contributed by atoms with Crippen molar-refractivity contribution in [1.29, 1.82) is 0 Å².